The molecule has 0 atom stereocenters. The Morgan fingerprint density at radius 2 is 0.461 bits per heavy atom. The van der Waals surface area contributed by atoms with Gasteiger partial charge in [-0.05, 0) is 120 Å². The van der Waals surface area contributed by atoms with Gasteiger partial charge >= 0.3 is 0 Å². The maximum atomic E-state index is 7.21. The molecule has 0 unspecified atom stereocenters. The van der Waals surface area contributed by atoms with Crippen LogP contribution in [0.4, 0.5) is 0 Å². The molecule has 18 aromatic carbocycles. The average molecular weight is 1630 g/mol. The quantitative estimate of drug-likeness (QED) is 0.124. The number of para-hydroxylation sites is 4. The van der Waals surface area contributed by atoms with E-state index in [0.717, 1.165) is 178 Å². The van der Waals surface area contributed by atoms with Crippen LogP contribution >= 0.6 is 0 Å². The minimum atomic E-state index is -0.583. The highest BCUT2D eigenvalue weighted by atomic mass is 16.5. The van der Waals surface area contributed by atoms with Crippen LogP contribution in [-0.2, 0) is 10.8 Å². The lowest BCUT2D eigenvalue weighted by atomic mass is 9.65. The van der Waals surface area contributed by atoms with E-state index in [1.165, 1.54) is 44.5 Å². The van der Waals surface area contributed by atoms with Crippen molar-refractivity contribution in [1.82, 2.24) is 34.9 Å². The normalized spacial score (nSPS) is 12.9. The van der Waals surface area contributed by atoms with E-state index in [-0.39, 0.29) is 0 Å². The molecule has 2 spiro atoms. The van der Waals surface area contributed by atoms with Crippen molar-refractivity contribution in [2.24, 2.45) is 0 Å². The number of ether oxygens (including phenoxy) is 2. The van der Waals surface area contributed by atoms with Crippen LogP contribution < -0.4 is 9.47 Å². The third-order valence-corrected chi connectivity index (χ3v) is 26.2. The molecule has 26 rings (SSSR count). The summed E-state index contributed by atoms with van der Waals surface area (Å²) in [6.45, 7) is 0. The van der Waals surface area contributed by atoms with Gasteiger partial charge in [0.1, 0.15) is 23.0 Å². The molecule has 0 saturated carbocycles. The summed E-state index contributed by atoms with van der Waals surface area (Å²) in [4.78, 5) is 35.9. The van der Waals surface area contributed by atoms with Crippen LogP contribution in [0.3, 0.4) is 0 Å². The van der Waals surface area contributed by atoms with Crippen molar-refractivity contribution in [2.75, 3.05) is 0 Å². The van der Waals surface area contributed by atoms with Gasteiger partial charge in [0.05, 0.1) is 55.4 Å². The lowest BCUT2D eigenvalue weighted by Crippen LogP contribution is -2.32. The summed E-state index contributed by atoms with van der Waals surface area (Å²) in [6, 6.07) is 156. The van der Waals surface area contributed by atoms with Gasteiger partial charge in [0.25, 0.3) is 0 Å². The van der Waals surface area contributed by atoms with Gasteiger partial charge in [-0.25, -0.2) is 34.9 Å². The van der Waals surface area contributed by atoms with Crippen molar-refractivity contribution in [3.8, 4) is 158 Å². The zero-order valence-corrected chi connectivity index (χ0v) is 69.1. The minimum Gasteiger partial charge on any atom is -0.456 e. The second kappa shape index (κ2) is 29.9. The predicted molar refractivity (Wildman–Crippen MR) is 517 cm³/mol. The summed E-state index contributed by atoms with van der Waals surface area (Å²) in [5, 5.41) is 6.39. The van der Waals surface area contributed by atoms with E-state index in [4.69, 9.17) is 44.4 Å². The van der Waals surface area contributed by atoms with E-state index in [1.807, 2.05) is 97.1 Å². The first-order chi connectivity index (χ1) is 63.4. The number of fused-ring (bicyclic) bond motifs is 26. The molecule has 9 nitrogen and oxygen atoms in total. The summed E-state index contributed by atoms with van der Waals surface area (Å²) in [5.74, 6) is 6.00. The van der Waals surface area contributed by atoms with Crippen molar-refractivity contribution in [3.05, 3.63) is 487 Å². The van der Waals surface area contributed by atoms with E-state index in [2.05, 4.69) is 346 Å². The fourth-order valence-corrected chi connectivity index (χ4v) is 20.5. The summed E-state index contributed by atoms with van der Waals surface area (Å²) in [7, 11) is 0. The summed E-state index contributed by atoms with van der Waals surface area (Å²) < 4.78 is 14.4. The lowest BCUT2D eigenvalue weighted by molar-refractivity contribution is 0.441. The molecular weight excluding hydrogens is 1560 g/mol. The van der Waals surface area contributed by atoms with Crippen LogP contribution in [0.5, 0.6) is 23.0 Å². The van der Waals surface area contributed by atoms with Gasteiger partial charge in [-0.15, -0.1) is 0 Å². The number of hydrogen-bond acceptors (Lipinski definition) is 9. The number of pyridine rings is 2. The molecule has 22 aromatic rings. The highest BCUT2D eigenvalue weighted by Gasteiger charge is 2.53. The van der Waals surface area contributed by atoms with E-state index in [9.17, 15) is 0 Å². The maximum Gasteiger partial charge on any atom is 0.164 e. The van der Waals surface area contributed by atoms with Crippen LogP contribution in [0.15, 0.2) is 443 Å². The molecule has 596 valence electrons. The predicted octanol–water partition coefficient (Wildman–Crippen LogP) is 29.4. The average Bonchev–Trinajstić information content (AvgIpc) is 1.46. The standard InChI is InChI=1S/C60H37N3O.C59H36N4O/c1-3-16-39(17-4-1)53-37-54(63-59(62-53)41-18-5-2-6-19-41)40-32-30-38(31-33-40)42-20-15-21-43(36-42)57-56-47(46-24-9-13-28-52(46)61-57)34-35-51-58(56)64-55-29-14-12-27-50(55)60(51)48-25-10-7-22-44(48)45-23-8-11-26-49(45)60;1-3-16-38(17-4-1)56-61-57(39-18-5-2-6-19-39)63-58(62-56)40-32-30-37(31-33-40)41-20-15-21-42(36-41)54-53-46(45-24-9-13-28-51(45)60-54)34-35-50-55(53)64-52-29-14-12-27-49(52)59(50)47-25-10-7-22-43(47)44-23-8-11-26-48(44)59/h1-37H;1-36H. The van der Waals surface area contributed by atoms with Gasteiger partial charge in [-0.1, -0.05) is 400 Å². The Labute approximate surface area is 739 Å². The third kappa shape index (κ3) is 11.7. The maximum absolute atomic E-state index is 7.21. The van der Waals surface area contributed by atoms with Crippen LogP contribution in [0.25, 0.3) is 178 Å². The molecule has 128 heavy (non-hydrogen) atoms. The second-order valence-corrected chi connectivity index (χ2v) is 33.1. The van der Waals surface area contributed by atoms with Gasteiger partial charge < -0.3 is 9.47 Å². The fourth-order valence-electron chi connectivity index (χ4n) is 20.5. The first kappa shape index (κ1) is 73.7. The Morgan fingerprint density at radius 3 is 0.859 bits per heavy atom. The zero-order valence-electron chi connectivity index (χ0n) is 69.1. The van der Waals surface area contributed by atoms with Crippen LogP contribution in [0, 0.1) is 0 Å². The largest absolute Gasteiger partial charge is 0.456 e. The SMILES string of the molecule is c1ccc(-c2cc(-c3ccc(-c4cccc(-c5nc6ccccc6c6ccc7c(c56)Oc5ccccc5C75c6ccccc6-c6ccccc65)c4)cc3)nc(-c3ccccc3)n2)cc1.c1ccc(-c2nc(-c3ccccc3)nc(-c3ccc(-c4cccc(-c5nc6ccccc6c6ccc7c(c56)Oc5ccccc5C75c6ccccc6-c6ccccc65)c4)cc3)n2)cc1. The van der Waals surface area contributed by atoms with E-state index < -0.39 is 10.8 Å². The molecule has 0 saturated heterocycles. The third-order valence-electron chi connectivity index (χ3n) is 26.2. The monoisotopic (exact) mass is 1630 g/mol. The number of benzene rings is 18. The number of rotatable bonds is 10. The Hall–Kier alpha value is -17.0. The molecular formula is C119H73N7O2. The molecule has 0 amide bonds. The van der Waals surface area contributed by atoms with Crippen molar-refractivity contribution >= 4 is 43.4 Å². The summed E-state index contributed by atoms with van der Waals surface area (Å²) in [6.07, 6.45) is 0. The van der Waals surface area contributed by atoms with Crippen LogP contribution in [0.1, 0.15) is 44.5 Å². The lowest BCUT2D eigenvalue weighted by Gasteiger charge is -2.40. The molecule has 9 heteroatoms. The van der Waals surface area contributed by atoms with Crippen molar-refractivity contribution in [3.63, 3.8) is 0 Å². The molecule has 6 heterocycles. The molecule has 0 bridgehead atoms. The summed E-state index contributed by atoms with van der Waals surface area (Å²) in [5.41, 5.74) is 31.0. The fraction of sp³-hybridized carbons (Fsp3) is 0.0168. The molecule has 2 aliphatic carbocycles. The number of aromatic nitrogens is 7. The van der Waals surface area contributed by atoms with Crippen LogP contribution in [-0.4, -0.2) is 34.9 Å². The molecule has 0 N–H and O–H groups in total. The zero-order chi connectivity index (χ0) is 84.4. The smallest absolute Gasteiger partial charge is 0.164 e. The van der Waals surface area contributed by atoms with Gasteiger partial charge in [0.2, 0.25) is 0 Å². The first-order valence-electron chi connectivity index (χ1n) is 43.4. The molecule has 4 aliphatic rings. The van der Waals surface area contributed by atoms with Crippen molar-refractivity contribution < 1.29 is 9.47 Å². The van der Waals surface area contributed by atoms with E-state index >= 15 is 0 Å². The van der Waals surface area contributed by atoms with E-state index in [1.54, 1.807) is 0 Å². The van der Waals surface area contributed by atoms with Gasteiger partial charge in [0.15, 0.2) is 23.3 Å². The topological polar surface area (TPSA) is 109 Å². The van der Waals surface area contributed by atoms with E-state index in [0.29, 0.717) is 23.3 Å². The molecule has 0 fully saturated rings. The highest BCUT2D eigenvalue weighted by Crippen LogP contribution is 2.66. The number of hydrogen-bond donors (Lipinski definition) is 0. The first-order valence-corrected chi connectivity index (χ1v) is 43.4. The Kier molecular flexibility index (Phi) is 17.2. The minimum absolute atomic E-state index is 0.578. The highest BCUT2D eigenvalue weighted by molar-refractivity contribution is 6.16. The molecule has 0 radical (unpaired) electrons. The number of nitrogens with zero attached hydrogens (tertiary/aromatic N) is 7. The van der Waals surface area contributed by atoms with Crippen LogP contribution in [0.2, 0.25) is 0 Å². The van der Waals surface area contributed by atoms with Crippen molar-refractivity contribution in [2.45, 2.75) is 10.8 Å². The Bertz CT molecular complexity index is 7560. The summed E-state index contributed by atoms with van der Waals surface area (Å²) >= 11 is 0. The van der Waals surface area contributed by atoms with Gasteiger partial charge in [-0.2, -0.15) is 0 Å². The molecule has 2 aliphatic heterocycles. The molecule has 4 aromatic heterocycles. The van der Waals surface area contributed by atoms with Gasteiger partial charge in [0, 0.05) is 77.5 Å². The van der Waals surface area contributed by atoms with Gasteiger partial charge in [-0.3, -0.25) is 0 Å². The Balaban J connectivity index is 0.000000139. The Morgan fingerprint density at radius 1 is 0.172 bits per heavy atom. The van der Waals surface area contributed by atoms with Crippen molar-refractivity contribution in [1.29, 1.82) is 0 Å². The second-order valence-electron chi connectivity index (χ2n) is 33.1.